The number of hydrogen-bond donors (Lipinski definition) is 2. The van der Waals surface area contributed by atoms with E-state index in [1.807, 2.05) is 33.8 Å². The second-order valence-corrected chi connectivity index (χ2v) is 12.4. The molecule has 0 saturated carbocycles. The highest BCUT2D eigenvalue weighted by Gasteiger charge is 2.27. The molecule has 0 heterocycles. The summed E-state index contributed by atoms with van der Waals surface area (Å²) in [6.45, 7) is 10.8. The van der Waals surface area contributed by atoms with Crippen LogP contribution >= 0.6 is 0 Å². The van der Waals surface area contributed by atoms with Gasteiger partial charge in [-0.3, -0.25) is 13.9 Å². The van der Waals surface area contributed by atoms with Crippen molar-refractivity contribution >= 4 is 33.2 Å². The van der Waals surface area contributed by atoms with Crippen LogP contribution in [-0.2, 0) is 20.2 Å². The lowest BCUT2D eigenvalue weighted by molar-refractivity contribution is -0.114. The highest BCUT2D eigenvalue weighted by Crippen LogP contribution is 2.32. The molecule has 8 nitrogen and oxygen atoms in total. The molecule has 0 bridgehead atoms. The topological polar surface area (TPSA) is 107 Å². The highest BCUT2D eigenvalue weighted by atomic mass is 32.2. The Labute approximate surface area is 215 Å². The number of benzene rings is 2. The first-order chi connectivity index (χ1) is 16.6. The lowest BCUT2D eigenvalue weighted by atomic mass is 9.85. The van der Waals surface area contributed by atoms with E-state index in [1.54, 1.807) is 52.2 Å². The maximum atomic E-state index is 13.3. The summed E-state index contributed by atoms with van der Waals surface area (Å²) in [6.07, 6.45) is 1.15. The van der Waals surface area contributed by atoms with Gasteiger partial charge >= 0.3 is 0 Å². The zero-order chi connectivity index (χ0) is 27.4. The molecule has 0 unspecified atom stereocenters. The van der Waals surface area contributed by atoms with Crippen LogP contribution in [-0.4, -0.2) is 56.6 Å². The van der Waals surface area contributed by atoms with Gasteiger partial charge in [0.25, 0.3) is 5.91 Å². The fourth-order valence-electron chi connectivity index (χ4n) is 3.88. The second-order valence-electron chi connectivity index (χ2n) is 10.4. The van der Waals surface area contributed by atoms with Crippen molar-refractivity contribution in [2.24, 2.45) is 0 Å². The third kappa shape index (κ3) is 7.00. The molecule has 2 aromatic rings. The van der Waals surface area contributed by atoms with Crippen LogP contribution < -0.4 is 9.62 Å². The summed E-state index contributed by atoms with van der Waals surface area (Å²) in [6, 6.07) is 8.30. The Kier molecular flexibility index (Phi) is 9.18. The number of nitrogens with one attached hydrogen (secondary N) is 1. The van der Waals surface area contributed by atoms with Crippen LogP contribution in [0.5, 0.6) is 5.75 Å². The van der Waals surface area contributed by atoms with Gasteiger partial charge in [-0.2, -0.15) is 0 Å². The lowest BCUT2D eigenvalue weighted by Gasteiger charge is -2.27. The molecular formula is C27H39N3O5S. The van der Waals surface area contributed by atoms with Gasteiger partial charge in [0, 0.05) is 25.3 Å². The Hall–Kier alpha value is -3.07. The normalized spacial score (nSPS) is 11.8. The SMILES string of the molecule is CCCCS(=O)(=O)N(CC(=O)Nc1cc(C(=O)N(C)C)ccc1C(C)(C)C)c1cc(C)c(O)c(C)c1. The summed E-state index contributed by atoms with van der Waals surface area (Å²) in [5.41, 5.74) is 2.73. The molecule has 36 heavy (non-hydrogen) atoms. The summed E-state index contributed by atoms with van der Waals surface area (Å²) < 4.78 is 27.6. The predicted octanol–water partition coefficient (Wildman–Crippen LogP) is 4.58. The van der Waals surface area contributed by atoms with E-state index in [2.05, 4.69) is 5.32 Å². The van der Waals surface area contributed by atoms with E-state index < -0.39 is 22.5 Å². The minimum absolute atomic E-state index is 0.0892. The number of sulfonamides is 1. The average Bonchev–Trinajstić information content (AvgIpc) is 2.77. The molecular weight excluding hydrogens is 478 g/mol. The van der Waals surface area contributed by atoms with Crippen molar-refractivity contribution in [1.82, 2.24) is 4.90 Å². The van der Waals surface area contributed by atoms with Gasteiger partial charge < -0.3 is 15.3 Å². The molecule has 0 radical (unpaired) electrons. The van der Waals surface area contributed by atoms with Crippen molar-refractivity contribution in [3.8, 4) is 5.75 Å². The third-order valence-electron chi connectivity index (χ3n) is 5.90. The number of unbranched alkanes of at least 4 members (excludes halogenated alkanes) is 1. The van der Waals surface area contributed by atoms with Crippen LogP contribution in [0.15, 0.2) is 30.3 Å². The van der Waals surface area contributed by atoms with E-state index in [1.165, 1.54) is 4.90 Å². The molecule has 0 aromatic heterocycles. The van der Waals surface area contributed by atoms with E-state index in [4.69, 9.17) is 0 Å². The molecule has 0 aliphatic heterocycles. The average molecular weight is 518 g/mol. The predicted molar refractivity (Wildman–Crippen MR) is 145 cm³/mol. The number of aromatic hydroxyl groups is 1. The fourth-order valence-corrected chi connectivity index (χ4v) is 5.49. The maximum Gasteiger partial charge on any atom is 0.253 e. The Morgan fingerprint density at radius 3 is 2.11 bits per heavy atom. The molecule has 0 saturated heterocycles. The zero-order valence-electron chi connectivity index (χ0n) is 22.6. The molecule has 2 aromatic carbocycles. The van der Waals surface area contributed by atoms with E-state index in [9.17, 15) is 23.1 Å². The maximum absolute atomic E-state index is 13.3. The first kappa shape index (κ1) is 29.2. The standard InChI is InChI=1S/C27H39N3O5S/c1-9-10-13-36(34,35)30(21-14-18(2)25(32)19(3)15-21)17-24(31)28-23-16-20(26(33)29(7)8)11-12-22(23)27(4,5)6/h11-12,14-16,32H,9-10,13,17H2,1-8H3,(H,28,31). The van der Waals surface area contributed by atoms with Crippen LogP contribution in [0.25, 0.3) is 0 Å². The lowest BCUT2D eigenvalue weighted by Crippen LogP contribution is -2.39. The van der Waals surface area contributed by atoms with Crippen LogP contribution in [0, 0.1) is 13.8 Å². The number of hydrogen-bond acceptors (Lipinski definition) is 5. The smallest absolute Gasteiger partial charge is 0.253 e. The monoisotopic (exact) mass is 517 g/mol. The summed E-state index contributed by atoms with van der Waals surface area (Å²) in [7, 11) is -0.509. The third-order valence-corrected chi connectivity index (χ3v) is 7.71. The molecule has 2 N–H and O–H groups in total. The number of rotatable bonds is 9. The van der Waals surface area contributed by atoms with Crippen molar-refractivity contribution in [2.45, 2.75) is 59.8 Å². The largest absolute Gasteiger partial charge is 0.507 e. The van der Waals surface area contributed by atoms with E-state index in [0.29, 0.717) is 40.9 Å². The van der Waals surface area contributed by atoms with Crippen molar-refractivity contribution in [3.63, 3.8) is 0 Å². The molecule has 0 spiro atoms. The number of phenols is 1. The zero-order valence-corrected chi connectivity index (χ0v) is 23.4. The van der Waals surface area contributed by atoms with E-state index in [0.717, 1.165) is 9.87 Å². The van der Waals surface area contributed by atoms with Crippen molar-refractivity contribution in [3.05, 3.63) is 52.6 Å². The molecule has 0 aliphatic carbocycles. The van der Waals surface area contributed by atoms with Gasteiger partial charge in [0.15, 0.2) is 0 Å². The van der Waals surface area contributed by atoms with Crippen LogP contribution in [0.1, 0.15) is 67.6 Å². The van der Waals surface area contributed by atoms with Gasteiger partial charge in [0.05, 0.1) is 11.4 Å². The molecule has 0 aliphatic rings. The fraction of sp³-hybridized carbons (Fsp3) is 0.481. The number of aryl methyl sites for hydroxylation is 2. The molecule has 2 rings (SSSR count). The Morgan fingerprint density at radius 2 is 1.61 bits per heavy atom. The molecule has 0 atom stereocenters. The van der Waals surface area contributed by atoms with Gasteiger partial charge in [-0.05, 0) is 66.6 Å². The summed E-state index contributed by atoms with van der Waals surface area (Å²) >= 11 is 0. The number of carbonyl (C=O) groups is 2. The van der Waals surface area contributed by atoms with E-state index in [-0.39, 0.29) is 22.8 Å². The second kappa shape index (κ2) is 11.3. The summed E-state index contributed by atoms with van der Waals surface area (Å²) in [4.78, 5) is 27.3. The first-order valence-electron chi connectivity index (χ1n) is 12.0. The van der Waals surface area contributed by atoms with Crippen molar-refractivity contribution in [2.75, 3.05) is 36.0 Å². The van der Waals surface area contributed by atoms with Crippen LogP contribution in [0.4, 0.5) is 11.4 Å². The van der Waals surface area contributed by atoms with Gasteiger partial charge in [0.2, 0.25) is 15.9 Å². The summed E-state index contributed by atoms with van der Waals surface area (Å²) in [5, 5.41) is 13.0. The van der Waals surface area contributed by atoms with Crippen molar-refractivity contribution in [1.29, 1.82) is 0 Å². The highest BCUT2D eigenvalue weighted by molar-refractivity contribution is 7.92. The molecule has 198 valence electrons. The summed E-state index contributed by atoms with van der Waals surface area (Å²) in [5.74, 6) is -0.745. The Balaban J connectivity index is 2.50. The molecule has 2 amide bonds. The number of amides is 2. The van der Waals surface area contributed by atoms with E-state index >= 15 is 0 Å². The first-order valence-corrected chi connectivity index (χ1v) is 13.7. The Bertz CT molecular complexity index is 1210. The Morgan fingerprint density at radius 1 is 1.03 bits per heavy atom. The molecule has 9 heteroatoms. The minimum atomic E-state index is -3.81. The van der Waals surface area contributed by atoms with Gasteiger partial charge in [-0.25, -0.2) is 8.42 Å². The quantitative estimate of drug-likeness (QED) is 0.506. The number of carbonyl (C=O) groups excluding carboxylic acids is 2. The van der Waals surface area contributed by atoms with Gasteiger partial charge in [-0.1, -0.05) is 40.2 Å². The number of phenolic OH excluding ortho intramolecular Hbond substituents is 1. The van der Waals surface area contributed by atoms with Crippen LogP contribution in [0.2, 0.25) is 0 Å². The van der Waals surface area contributed by atoms with Gasteiger partial charge in [0.1, 0.15) is 12.3 Å². The van der Waals surface area contributed by atoms with Gasteiger partial charge in [-0.15, -0.1) is 0 Å². The number of nitrogens with zero attached hydrogens (tertiary/aromatic N) is 2. The van der Waals surface area contributed by atoms with Crippen LogP contribution in [0.3, 0.4) is 0 Å². The van der Waals surface area contributed by atoms with Crippen molar-refractivity contribution < 1.29 is 23.1 Å². The number of anilines is 2. The minimum Gasteiger partial charge on any atom is -0.507 e. The molecule has 0 fully saturated rings.